The van der Waals surface area contributed by atoms with Crippen LogP contribution in [-0.4, -0.2) is 30.0 Å². The van der Waals surface area contributed by atoms with Gasteiger partial charge in [-0.15, -0.1) is 0 Å². The van der Waals surface area contributed by atoms with E-state index in [4.69, 9.17) is 9.47 Å². The molecule has 148 valence electrons. The molecule has 0 heterocycles. The molecule has 0 aliphatic carbocycles. The van der Waals surface area contributed by atoms with Gasteiger partial charge in [-0.2, -0.15) is 0 Å². The van der Waals surface area contributed by atoms with E-state index in [1.165, 1.54) is 12.1 Å². The van der Waals surface area contributed by atoms with E-state index in [-0.39, 0.29) is 17.8 Å². The topological polar surface area (TPSA) is 108 Å². The lowest BCUT2D eigenvalue weighted by atomic mass is 10.1. The van der Waals surface area contributed by atoms with E-state index in [1.807, 2.05) is 31.2 Å². The van der Waals surface area contributed by atoms with E-state index in [0.29, 0.717) is 24.3 Å². The van der Waals surface area contributed by atoms with Crippen molar-refractivity contribution in [1.29, 1.82) is 0 Å². The summed E-state index contributed by atoms with van der Waals surface area (Å²) in [5, 5.41) is 13.5. The molecule has 0 atom stereocenters. The standard InChI is InChI=1S/C20H22N2O6/c1-3-27-18-7-5-4-6-15(18)9-11-20(24)28-13-19(23)21-16-10-8-14(2)12-17(16)22(25)26/h4-8,10,12H,3,9,11,13H2,1-2H3,(H,21,23). The normalized spacial score (nSPS) is 10.2. The zero-order valence-electron chi connectivity index (χ0n) is 15.8. The summed E-state index contributed by atoms with van der Waals surface area (Å²) >= 11 is 0. The van der Waals surface area contributed by atoms with Crippen LogP contribution >= 0.6 is 0 Å². The minimum absolute atomic E-state index is 0.0577. The van der Waals surface area contributed by atoms with Crippen LogP contribution in [0.5, 0.6) is 5.75 Å². The molecule has 1 N–H and O–H groups in total. The third kappa shape index (κ3) is 6.08. The first-order chi connectivity index (χ1) is 13.4. The first-order valence-electron chi connectivity index (χ1n) is 8.82. The number of nitro groups is 1. The van der Waals surface area contributed by atoms with Gasteiger partial charge in [-0.3, -0.25) is 19.7 Å². The Morgan fingerprint density at radius 3 is 2.64 bits per heavy atom. The van der Waals surface area contributed by atoms with E-state index >= 15 is 0 Å². The van der Waals surface area contributed by atoms with Gasteiger partial charge < -0.3 is 14.8 Å². The highest BCUT2D eigenvalue weighted by molar-refractivity contribution is 5.94. The molecule has 0 saturated carbocycles. The largest absolute Gasteiger partial charge is 0.494 e. The summed E-state index contributed by atoms with van der Waals surface area (Å²) in [5.74, 6) is -0.475. The Hall–Kier alpha value is -3.42. The van der Waals surface area contributed by atoms with Crippen LogP contribution in [0.2, 0.25) is 0 Å². The predicted molar refractivity (Wildman–Crippen MR) is 103 cm³/mol. The van der Waals surface area contributed by atoms with Gasteiger partial charge in [-0.25, -0.2) is 0 Å². The second-order valence-corrected chi connectivity index (χ2v) is 6.03. The van der Waals surface area contributed by atoms with Crippen molar-refractivity contribution in [3.8, 4) is 5.75 Å². The maximum atomic E-state index is 12.0. The molecule has 8 heteroatoms. The van der Waals surface area contributed by atoms with Crippen molar-refractivity contribution in [2.75, 3.05) is 18.5 Å². The van der Waals surface area contributed by atoms with Crippen molar-refractivity contribution in [3.05, 3.63) is 63.7 Å². The van der Waals surface area contributed by atoms with E-state index < -0.39 is 23.4 Å². The summed E-state index contributed by atoms with van der Waals surface area (Å²) in [5.41, 5.74) is 1.42. The lowest BCUT2D eigenvalue weighted by molar-refractivity contribution is -0.384. The summed E-state index contributed by atoms with van der Waals surface area (Å²) in [6.07, 6.45) is 0.502. The minimum Gasteiger partial charge on any atom is -0.494 e. The summed E-state index contributed by atoms with van der Waals surface area (Å²) in [6, 6.07) is 11.8. The number of nitrogens with zero attached hydrogens (tertiary/aromatic N) is 1. The van der Waals surface area contributed by atoms with Crippen LogP contribution in [0.1, 0.15) is 24.5 Å². The van der Waals surface area contributed by atoms with Gasteiger partial charge >= 0.3 is 5.97 Å². The molecule has 0 aliphatic rings. The highest BCUT2D eigenvalue weighted by atomic mass is 16.6. The van der Waals surface area contributed by atoms with Crippen LogP contribution in [0.15, 0.2) is 42.5 Å². The number of rotatable bonds is 9. The first-order valence-corrected chi connectivity index (χ1v) is 8.82. The van der Waals surface area contributed by atoms with Crippen LogP contribution in [0, 0.1) is 17.0 Å². The summed E-state index contributed by atoms with van der Waals surface area (Å²) in [6.45, 7) is 3.59. The number of anilines is 1. The lowest BCUT2D eigenvalue weighted by Crippen LogP contribution is -2.21. The van der Waals surface area contributed by atoms with Crippen molar-refractivity contribution in [3.63, 3.8) is 0 Å². The van der Waals surface area contributed by atoms with Gasteiger partial charge in [0.15, 0.2) is 6.61 Å². The minimum atomic E-state index is -0.644. The van der Waals surface area contributed by atoms with Gasteiger partial charge in [-0.05, 0) is 43.5 Å². The van der Waals surface area contributed by atoms with Gasteiger partial charge in [0.05, 0.1) is 11.5 Å². The summed E-state index contributed by atoms with van der Waals surface area (Å²) < 4.78 is 10.5. The van der Waals surface area contributed by atoms with E-state index in [0.717, 1.165) is 5.56 Å². The number of aryl methyl sites for hydroxylation is 2. The van der Waals surface area contributed by atoms with Crippen LogP contribution in [0.3, 0.4) is 0 Å². The van der Waals surface area contributed by atoms with Gasteiger partial charge in [0.25, 0.3) is 11.6 Å². The number of hydrogen-bond acceptors (Lipinski definition) is 6. The molecule has 0 fully saturated rings. The number of hydrogen-bond donors (Lipinski definition) is 1. The zero-order valence-corrected chi connectivity index (χ0v) is 15.8. The van der Waals surface area contributed by atoms with Crippen molar-refractivity contribution < 1.29 is 24.0 Å². The molecular formula is C20H22N2O6. The molecule has 0 radical (unpaired) electrons. The number of benzene rings is 2. The molecule has 0 aliphatic heterocycles. The monoisotopic (exact) mass is 386 g/mol. The van der Waals surface area contributed by atoms with Crippen molar-refractivity contribution >= 4 is 23.3 Å². The SMILES string of the molecule is CCOc1ccccc1CCC(=O)OCC(=O)Nc1ccc(C)cc1[N+](=O)[O-]. The summed E-state index contributed by atoms with van der Waals surface area (Å²) in [4.78, 5) is 34.4. The van der Waals surface area contributed by atoms with E-state index in [1.54, 1.807) is 13.0 Å². The summed E-state index contributed by atoms with van der Waals surface area (Å²) in [7, 11) is 0. The number of carbonyl (C=O) groups is 2. The maximum Gasteiger partial charge on any atom is 0.306 e. The fourth-order valence-electron chi connectivity index (χ4n) is 2.55. The molecule has 2 aromatic carbocycles. The van der Waals surface area contributed by atoms with Crippen molar-refractivity contribution in [2.24, 2.45) is 0 Å². The Bertz CT molecular complexity index is 866. The quantitative estimate of drug-likeness (QED) is 0.402. The number of para-hydroxylation sites is 1. The smallest absolute Gasteiger partial charge is 0.306 e. The van der Waals surface area contributed by atoms with Gasteiger partial charge in [-0.1, -0.05) is 24.3 Å². The van der Waals surface area contributed by atoms with Gasteiger partial charge in [0.1, 0.15) is 11.4 Å². The Balaban J connectivity index is 1.85. The lowest BCUT2D eigenvalue weighted by Gasteiger charge is -2.10. The molecule has 0 aromatic heterocycles. The Kier molecular flexibility index (Phi) is 7.50. The third-order valence-corrected chi connectivity index (χ3v) is 3.86. The van der Waals surface area contributed by atoms with Crippen molar-refractivity contribution in [2.45, 2.75) is 26.7 Å². The molecule has 28 heavy (non-hydrogen) atoms. The van der Waals surface area contributed by atoms with Crippen LogP contribution in [0.4, 0.5) is 11.4 Å². The molecule has 2 rings (SSSR count). The van der Waals surface area contributed by atoms with Crippen LogP contribution in [0.25, 0.3) is 0 Å². The predicted octanol–water partition coefficient (Wildman–Crippen LogP) is 3.42. The molecule has 0 saturated heterocycles. The number of ether oxygens (including phenoxy) is 2. The number of esters is 1. The number of carbonyl (C=O) groups excluding carboxylic acids is 2. The molecule has 0 unspecified atom stereocenters. The average molecular weight is 386 g/mol. The average Bonchev–Trinajstić information content (AvgIpc) is 2.67. The van der Waals surface area contributed by atoms with Crippen LogP contribution in [-0.2, 0) is 20.7 Å². The van der Waals surface area contributed by atoms with Crippen LogP contribution < -0.4 is 10.1 Å². The Labute approximate surface area is 162 Å². The van der Waals surface area contributed by atoms with Crippen molar-refractivity contribution in [1.82, 2.24) is 0 Å². The maximum absolute atomic E-state index is 12.0. The number of nitrogens with one attached hydrogen (secondary N) is 1. The van der Waals surface area contributed by atoms with Gasteiger partial charge in [0.2, 0.25) is 0 Å². The molecule has 2 aromatic rings. The first kappa shape index (κ1) is 20.9. The van der Waals surface area contributed by atoms with E-state index in [2.05, 4.69) is 5.32 Å². The second kappa shape index (κ2) is 10.1. The third-order valence-electron chi connectivity index (χ3n) is 3.86. The Morgan fingerprint density at radius 1 is 1.18 bits per heavy atom. The van der Waals surface area contributed by atoms with Gasteiger partial charge in [0, 0.05) is 12.5 Å². The molecule has 1 amide bonds. The number of amides is 1. The zero-order chi connectivity index (χ0) is 20.5. The second-order valence-electron chi connectivity index (χ2n) is 6.03. The number of nitro benzene ring substituents is 1. The molecule has 8 nitrogen and oxygen atoms in total. The highest BCUT2D eigenvalue weighted by Crippen LogP contribution is 2.25. The Morgan fingerprint density at radius 2 is 1.93 bits per heavy atom. The molecule has 0 bridgehead atoms. The highest BCUT2D eigenvalue weighted by Gasteiger charge is 2.17. The van der Waals surface area contributed by atoms with E-state index in [9.17, 15) is 19.7 Å². The fraction of sp³-hybridized carbons (Fsp3) is 0.300. The molecular weight excluding hydrogens is 364 g/mol. The fourth-order valence-corrected chi connectivity index (χ4v) is 2.55. The molecule has 0 spiro atoms.